The quantitative estimate of drug-likeness (QED) is 0.651. The van der Waals surface area contributed by atoms with E-state index in [2.05, 4.69) is 11.1 Å². The molecule has 0 saturated heterocycles. The molecule has 1 aromatic heterocycles. The van der Waals surface area contributed by atoms with Crippen molar-refractivity contribution < 1.29 is 9.53 Å². The number of ether oxygens (including phenoxy) is 1. The van der Waals surface area contributed by atoms with E-state index in [1.807, 2.05) is 59.7 Å². The average Bonchev–Trinajstić information content (AvgIpc) is 3.11. The Balaban J connectivity index is 1.52. The van der Waals surface area contributed by atoms with Crippen LogP contribution in [0.5, 0.6) is 5.75 Å². The van der Waals surface area contributed by atoms with Gasteiger partial charge in [-0.2, -0.15) is 0 Å². The van der Waals surface area contributed by atoms with Crippen molar-refractivity contribution in [3.05, 3.63) is 70.2 Å². The van der Waals surface area contributed by atoms with Gasteiger partial charge in [0.15, 0.2) is 0 Å². The standard InChI is InChI=1S/C20H18N2O2S2/c1-14-21-16(13-26-14)12-24-17-6-4-5-15(11-17)20(23)22-9-10-25-19-8-3-2-7-18(19)22/h2-8,11,13H,9-10,12H2,1H3. The van der Waals surface area contributed by atoms with Crippen molar-refractivity contribution >= 4 is 34.7 Å². The number of nitrogens with zero attached hydrogens (tertiary/aromatic N) is 2. The van der Waals surface area contributed by atoms with Crippen molar-refractivity contribution in [2.24, 2.45) is 0 Å². The lowest BCUT2D eigenvalue weighted by Gasteiger charge is -2.29. The first kappa shape index (κ1) is 17.1. The van der Waals surface area contributed by atoms with E-state index in [0.29, 0.717) is 24.5 Å². The van der Waals surface area contributed by atoms with Crippen LogP contribution in [0.3, 0.4) is 0 Å². The number of aryl methyl sites for hydroxylation is 1. The number of anilines is 1. The Morgan fingerprint density at radius 2 is 2.12 bits per heavy atom. The Labute approximate surface area is 160 Å². The maximum atomic E-state index is 13.0. The van der Waals surface area contributed by atoms with Crippen LogP contribution in [-0.4, -0.2) is 23.2 Å². The number of thioether (sulfide) groups is 1. The minimum Gasteiger partial charge on any atom is -0.487 e. The molecule has 1 aliphatic heterocycles. The minimum atomic E-state index is 0.00713. The second-order valence-corrected chi connectivity index (χ2v) is 8.15. The fraction of sp³-hybridized carbons (Fsp3) is 0.200. The smallest absolute Gasteiger partial charge is 0.258 e. The number of carbonyl (C=O) groups is 1. The van der Waals surface area contributed by atoms with Gasteiger partial charge in [-0.3, -0.25) is 4.79 Å². The van der Waals surface area contributed by atoms with Crippen LogP contribution in [0.1, 0.15) is 21.1 Å². The van der Waals surface area contributed by atoms with Gasteiger partial charge in [0.1, 0.15) is 12.4 Å². The molecule has 0 unspecified atom stereocenters. The molecule has 26 heavy (non-hydrogen) atoms. The summed E-state index contributed by atoms with van der Waals surface area (Å²) >= 11 is 3.40. The predicted molar refractivity (Wildman–Crippen MR) is 106 cm³/mol. The first-order valence-electron chi connectivity index (χ1n) is 8.38. The number of thiazole rings is 1. The van der Waals surface area contributed by atoms with Gasteiger partial charge >= 0.3 is 0 Å². The van der Waals surface area contributed by atoms with Crippen LogP contribution < -0.4 is 9.64 Å². The topological polar surface area (TPSA) is 42.4 Å². The lowest BCUT2D eigenvalue weighted by Crippen LogP contribution is -2.35. The van der Waals surface area contributed by atoms with E-state index in [9.17, 15) is 4.79 Å². The minimum absolute atomic E-state index is 0.00713. The van der Waals surface area contributed by atoms with Crippen LogP contribution in [0.15, 0.2) is 58.8 Å². The molecule has 4 nitrogen and oxygen atoms in total. The third-order valence-corrected chi connectivity index (χ3v) is 5.97. The SMILES string of the molecule is Cc1nc(COc2cccc(C(=O)N3CCSc4ccccc43)c2)cs1. The molecule has 0 spiro atoms. The zero-order valence-corrected chi connectivity index (χ0v) is 16.0. The highest BCUT2D eigenvalue weighted by Crippen LogP contribution is 2.35. The van der Waals surface area contributed by atoms with Crippen molar-refractivity contribution in [2.45, 2.75) is 18.4 Å². The van der Waals surface area contributed by atoms with Gasteiger partial charge in [-0.15, -0.1) is 23.1 Å². The van der Waals surface area contributed by atoms with E-state index < -0.39 is 0 Å². The average molecular weight is 383 g/mol. The van der Waals surface area contributed by atoms with Crippen molar-refractivity contribution in [3.8, 4) is 5.75 Å². The van der Waals surface area contributed by atoms with E-state index in [1.165, 1.54) is 0 Å². The van der Waals surface area contributed by atoms with E-state index >= 15 is 0 Å². The van der Waals surface area contributed by atoms with Gasteiger partial charge in [-0.05, 0) is 37.3 Å². The summed E-state index contributed by atoms with van der Waals surface area (Å²) < 4.78 is 5.82. The van der Waals surface area contributed by atoms with Gasteiger partial charge in [0.2, 0.25) is 0 Å². The maximum absolute atomic E-state index is 13.0. The molecule has 2 heterocycles. The summed E-state index contributed by atoms with van der Waals surface area (Å²) in [6.45, 7) is 3.09. The number of para-hydroxylation sites is 1. The van der Waals surface area contributed by atoms with Crippen LogP contribution in [0.4, 0.5) is 5.69 Å². The lowest BCUT2D eigenvalue weighted by atomic mass is 10.1. The van der Waals surface area contributed by atoms with Crippen LogP contribution in [0.25, 0.3) is 0 Å². The summed E-state index contributed by atoms with van der Waals surface area (Å²) in [7, 11) is 0. The van der Waals surface area contributed by atoms with Crippen LogP contribution >= 0.6 is 23.1 Å². The second-order valence-electron chi connectivity index (χ2n) is 5.95. The lowest BCUT2D eigenvalue weighted by molar-refractivity contribution is 0.0987. The second kappa shape index (κ2) is 7.51. The van der Waals surface area contributed by atoms with Gasteiger partial charge in [0, 0.05) is 28.1 Å². The molecule has 0 N–H and O–H groups in total. The Hall–Kier alpha value is -2.31. The summed E-state index contributed by atoms with van der Waals surface area (Å²) in [5.41, 5.74) is 2.53. The Morgan fingerprint density at radius 3 is 2.96 bits per heavy atom. The van der Waals surface area contributed by atoms with Crippen LogP contribution in [0, 0.1) is 6.92 Å². The molecule has 1 amide bonds. The number of rotatable bonds is 4. The highest BCUT2D eigenvalue weighted by molar-refractivity contribution is 7.99. The summed E-state index contributed by atoms with van der Waals surface area (Å²) in [5.74, 6) is 1.59. The third kappa shape index (κ3) is 3.61. The molecule has 3 aromatic rings. The van der Waals surface area contributed by atoms with Gasteiger partial charge in [-0.1, -0.05) is 18.2 Å². The van der Waals surface area contributed by atoms with Gasteiger partial charge < -0.3 is 9.64 Å². The van der Waals surface area contributed by atoms with Gasteiger partial charge in [0.25, 0.3) is 5.91 Å². The molecule has 132 valence electrons. The van der Waals surface area contributed by atoms with Crippen molar-refractivity contribution in [1.29, 1.82) is 0 Å². The summed E-state index contributed by atoms with van der Waals surface area (Å²) in [4.78, 5) is 20.4. The monoisotopic (exact) mass is 382 g/mol. The summed E-state index contributed by atoms with van der Waals surface area (Å²) in [6.07, 6.45) is 0. The summed E-state index contributed by atoms with van der Waals surface area (Å²) in [5, 5.41) is 3.02. The van der Waals surface area contributed by atoms with E-state index in [1.54, 1.807) is 23.1 Å². The molecule has 0 fully saturated rings. The maximum Gasteiger partial charge on any atom is 0.258 e. The molecular weight excluding hydrogens is 364 g/mol. The van der Waals surface area contributed by atoms with Gasteiger partial charge in [0.05, 0.1) is 16.4 Å². The van der Waals surface area contributed by atoms with Crippen molar-refractivity contribution in [3.63, 3.8) is 0 Å². The number of fused-ring (bicyclic) bond motifs is 1. The number of hydrogen-bond acceptors (Lipinski definition) is 5. The molecule has 1 aliphatic rings. The van der Waals surface area contributed by atoms with Crippen molar-refractivity contribution in [1.82, 2.24) is 4.98 Å². The summed E-state index contributed by atoms with van der Waals surface area (Å²) in [6, 6.07) is 15.4. The number of carbonyl (C=O) groups excluding carboxylic acids is 1. The van der Waals surface area contributed by atoms with Crippen LogP contribution in [-0.2, 0) is 6.61 Å². The fourth-order valence-corrected chi connectivity index (χ4v) is 4.48. The number of benzene rings is 2. The molecule has 0 saturated carbocycles. The molecule has 6 heteroatoms. The number of aromatic nitrogens is 1. The predicted octanol–water partition coefficient (Wildman–Crippen LogP) is 4.78. The number of amides is 1. The van der Waals surface area contributed by atoms with Crippen molar-refractivity contribution in [2.75, 3.05) is 17.2 Å². The van der Waals surface area contributed by atoms with E-state index in [-0.39, 0.29) is 5.91 Å². The number of hydrogen-bond donors (Lipinski definition) is 0. The Bertz CT molecular complexity index is 939. The molecule has 4 rings (SSSR count). The first-order chi connectivity index (χ1) is 12.7. The van der Waals surface area contributed by atoms with Crippen LogP contribution in [0.2, 0.25) is 0 Å². The highest BCUT2D eigenvalue weighted by atomic mass is 32.2. The largest absolute Gasteiger partial charge is 0.487 e. The Morgan fingerprint density at radius 1 is 1.23 bits per heavy atom. The van der Waals surface area contributed by atoms with Gasteiger partial charge in [-0.25, -0.2) is 4.98 Å². The first-order valence-corrected chi connectivity index (χ1v) is 10.2. The molecule has 0 bridgehead atoms. The normalized spacial score (nSPS) is 13.3. The molecule has 2 aromatic carbocycles. The molecule has 0 radical (unpaired) electrons. The molecule has 0 aliphatic carbocycles. The van der Waals surface area contributed by atoms with E-state index in [0.717, 1.165) is 27.0 Å². The molecule has 0 atom stereocenters. The third-order valence-electron chi connectivity index (χ3n) is 4.11. The highest BCUT2D eigenvalue weighted by Gasteiger charge is 2.23. The zero-order valence-electron chi connectivity index (χ0n) is 14.3. The fourth-order valence-electron chi connectivity index (χ4n) is 2.89. The molecular formula is C20H18N2O2S2. The Kier molecular flexibility index (Phi) is 4.95. The zero-order chi connectivity index (χ0) is 17.9. The van der Waals surface area contributed by atoms with E-state index in [4.69, 9.17) is 4.74 Å².